The number of carboxylic acid groups (broad SMARTS) is 1. The number of ether oxygens (including phenoxy) is 1. The van der Waals surface area contributed by atoms with Gasteiger partial charge in [0.1, 0.15) is 18.2 Å². The van der Waals surface area contributed by atoms with E-state index in [1.54, 1.807) is 36.4 Å². The number of nitrogens with zero attached hydrogens (tertiary/aromatic N) is 1. The van der Waals surface area contributed by atoms with Gasteiger partial charge in [0.25, 0.3) is 0 Å². The molecule has 0 bridgehead atoms. The normalized spacial score (nSPS) is 11.0. The van der Waals surface area contributed by atoms with Crippen LogP contribution in [0.4, 0.5) is 4.39 Å². The molecular formula is C23H16Cl2FNO3. The molecular weight excluding hydrogens is 428 g/mol. The maximum Gasteiger partial charge on any atom is 0.336 e. The van der Waals surface area contributed by atoms with Gasteiger partial charge in [-0.25, -0.2) is 9.18 Å². The molecule has 0 radical (unpaired) electrons. The predicted molar refractivity (Wildman–Crippen MR) is 115 cm³/mol. The number of aromatic nitrogens is 1. The summed E-state index contributed by atoms with van der Waals surface area (Å²) in [6.45, 7) is 0.514. The minimum atomic E-state index is -0.975. The molecule has 1 N–H and O–H groups in total. The first-order valence-corrected chi connectivity index (χ1v) is 9.84. The molecule has 1 heterocycles. The van der Waals surface area contributed by atoms with Crippen LogP contribution < -0.4 is 4.74 Å². The van der Waals surface area contributed by atoms with E-state index >= 15 is 0 Å². The van der Waals surface area contributed by atoms with E-state index in [1.807, 2.05) is 16.8 Å². The molecule has 30 heavy (non-hydrogen) atoms. The van der Waals surface area contributed by atoms with E-state index in [4.69, 9.17) is 27.9 Å². The molecule has 0 aliphatic carbocycles. The van der Waals surface area contributed by atoms with E-state index in [0.29, 0.717) is 33.3 Å². The Balaban J connectivity index is 1.64. The smallest absolute Gasteiger partial charge is 0.336 e. The molecule has 0 saturated heterocycles. The van der Waals surface area contributed by atoms with Crippen molar-refractivity contribution in [2.75, 3.05) is 0 Å². The molecule has 0 saturated carbocycles. The quantitative estimate of drug-likeness (QED) is 0.374. The highest BCUT2D eigenvalue weighted by molar-refractivity contribution is 6.31. The van der Waals surface area contributed by atoms with Crippen LogP contribution in [-0.4, -0.2) is 15.6 Å². The fourth-order valence-corrected chi connectivity index (χ4v) is 3.72. The van der Waals surface area contributed by atoms with Crippen molar-refractivity contribution >= 4 is 40.1 Å². The summed E-state index contributed by atoms with van der Waals surface area (Å²) in [5.41, 5.74) is 2.37. The van der Waals surface area contributed by atoms with Gasteiger partial charge < -0.3 is 14.4 Å². The third-order valence-electron chi connectivity index (χ3n) is 4.80. The largest absolute Gasteiger partial charge is 0.488 e. The van der Waals surface area contributed by atoms with Crippen LogP contribution in [0.3, 0.4) is 0 Å². The Morgan fingerprint density at radius 1 is 1.03 bits per heavy atom. The Morgan fingerprint density at radius 3 is 2.67 bits per heavy atom. The number of rotatable bonds is 6. The van der Waals surface area contributed by atoms with Gasteiger partial charge in [0.05, 0.1) is 12.1 Å². The molecule has 4 rings (SSSR count). The molecule has 0 unspecified atom stereocenters. The average molecular weight is 444 g/mol. The van der Waals surface area contributed by atoms with Crippen LogP contribution in [0.15, 0.2) is 66.9 Å². The second-order valence-corrected chi connectivity index (χ2v) is 7.61. The standard InChI is InChI=1S/C23H16Cl2FNO3/c24-16-4-7-22(30-13-15-11-17(26)5-6-20(15)25)14(10-16)12-27-9-8-18-19(23(28)29)2-1-3-21(18)27/h1-11H,12-13H2,(H,28,29). The Bertz CT molecular complexity index is 1250. The minimum absolute atomic E-state index is 0.0980. The third kappa shape index (κ3) is 4.13. The van der Waals surface area contributed by atoms with Crippen molar-refractivity contribution in [3.8, 4) is 5.75 Å². The number of carboxylic acids is 1. The first-order valence-electron chi connectivity index (χ1n) is 9.08. The van der Waals surface area contributed by atoms with Crippen LogP contribution >= 0.6 is 23.2 Å². The van der Waals surface area contributed by atoms with Crippen LogP contribution in [0, 0.1) is 5.82 Å². The van der Waals surface area contributed by atoms with E-state index in [1.165, 1.54) is 18.2 Å². The second-order valence-electron chi connectivity index (χ2n) is 6.76. The number of aromatic carboxylic acids is 1. The number of fused-ring (bicyclic) bond motifs is 1. The van der Waals surface area contributed by atoms with Gasteiger partial charge in [-0.15, -0.1) is 0 Å². The first kappa shape index (κ1) is 20.3. The van der Waals surface area contributed by atoms with E-state index in [9.17, 15) is 14.3 Å². The van der Waals surface area contributed by atoms with Gasteiger partial charge in [0.2, 0.25) is 0 Å². The second kappa shape index (κ2) is 8.38. The lowest BCUT2D eigenvalue weighted by Crippen LogP contribution is -2.04. The zero-order valence-electron chi connectivity index (χ0n) is 15.6. The molecule has 1 aromatic heterocycles. The van der Waals surface area contributed by atoms with Gasteiger partial charge in [-0.3, -0.25) is 0 Å². The highest BCUT2D eigenvalue weighted by Crippen LogP contribution is 2.28. The summed E-state index contributed by atoms with van der Waals surface area (Å²) in [6, 6.07) is 16.3. The lowest BCUT2D eigenvalue weighted by atomic mass is 10.1. The lowest BCUT2D eigenvalue weighted by molar-refractivity contribution is 0.0699. The lowest BCUT2D eigenvalue weighted by Gasteiger charge is -2.14. The number of halogens is 3. The molecule has 0 aliphatic rings. The molecule has 7 heteroatoms. The van der Waals surface area contributed by atoms with Crippen molar-refractivity contribution in [2.45, 2.75) is 13.2 Å². The van der Waals surface area contributed by atoms with Gasteiger partial charge >= 0.3 is 5.97 Å². The van der Waals surface area contributed by atoms with Crippen molar-refractivity contribution < 1.29 is 19.0 Å². The van der Waals surface area contributed by atoms with Crippen molar-refractivity contribution in [1.82, 2.24) is 4.57 Å². The molecule has 4 nitrogen and oxygen atoms in total. The fourth-order valence-electron chi connectivity index (χ4n) is 3.35. The SMILES string of the molecule is O=C(O)c1cccc2c1ccn2Cc1cc(Cl)ccc1OCc1cc(F)ccc1Cl. The first-order chi connectivity index (χ1) is 14.4. The van der Waals surface area contributed by atoms with Crippen LogP contribution in [0.1, 0.15) is 21.5 Å². The summed E-state index contributed by atoms with van der Waals surface area (Å²) in [4.78, 5) is 11.5. The fraction of sp³-hybridized carbons (Fsp3) is 0.0870. The Hall–Kier alpha value is -3.02. The van der Waals surface area contributed by atoms with Crippen molar-refractivity contribution in [1.29, 1.82) is 0 Å². The van der Waals surface area contributed by atoms with E-state index in [0.717, 1.165) is 11.1 Å². The molecule has 4 aromatic rings. The maximum absolute atomic E-state index is 13.5. The Labute approximate surface area is 182 Å². The molecule has 3 aromatic carbocycles. The molecule has 0 aliphatic heterocycles. The van der Waals surface area contributed by atoms with Crippen molar-refractivity contribution in [3.05, 3.63) is 99.4 Å². The van der Waals surface area contributed by atoms with E-state index in [-0.39, 0.29) is 18.0 Å². The summed E-state index contributed by atoms with van der Waals surface area (Å²) in [5, 5.41) is 11.0. The summed E-state index contributed by atoms with van der Waals surface area (Å²) < 4.78 is 21.4. The summed E-state index contributed by atoms with van der Waals surface area (Å²) in [7, 11) is 0. The highest BCUT2D eigenvalue weighted by Gasteiger charge is 2.13. The monoisotopic (exact) mass is 443 g/mol. The average Bonchev–Trinajstić information content (AvgIpc) is 3.12. The summed E-state index contributed by atoms with van der Waals surface area (Å²) >= 11 is 12.3. The highest BCUT2D eigenvalue weighted by atomic mass is 35.5. The van der Waals surface area contributed by atoms with E-state index in [2.05, 4.69) is 0 Å². The zero-order chi connectivity index (χ0) is 21.3. The summed E-state index contributed by atoms with van der Waals surface area (Å²) in [6.07, 6.45) is 1.82. The number of hydrogen-bond donors (Lipinski definition) is 1. The topological polar surface area (TPSA) is 51.5 Å². The Morgan fingerprint density at radius 2 is 1.87 bits per heavy atom. The maximum atomic E-state index is 13.5. The van der Waals surface area contributed by atoms with Crippen molar-refractivity contribution in [3.63, 3.8) is 0 Å². The van der Waals surface area contributed by atoms with Gasteiger partial charge in [0.15, 0.2) is 0 Å². The molecule has 0 fully saturated rings. The molecule has 0 spiro atoms. The van der Waals surface area contributed by atoms with Crippen LogP contribution in [0.5, 0.6) is 5.75 Å². The van der Waals surface area contributed by atoms with Crippen molar-refractivity contribution in [2.24, 2.45) is 0 Å². The van der Waals surface area contributed by atoms with Gasteiger partial charge in [-0.1, -0.05) is 29.3 Å². The number of carbonyl (C=O) groups is 1. The van der Waals surface area contributed by atoms with Crippen LogP contribution in [0.25, 0.3) is 10.9 Å². The Kier molecular flexibility index (Phi) is 5.66. The summed E-state index contributed by atoms with van der Waals surface area (Å²) in [5.74, 6) is -0.782. The van der Waals surface area contributed by atoms with Gasteiger partial charge in [0, 0.05) is 38.3 Å². The molecule has 152 valence electrons. The third-order valence-corrected chi connectivity index (χ3v) is 5.40. The minimum Gasteiger partial charge on any atom is -0.488 e. The van der Waals surface area contributed by atoms with Gasteiger partial charge in [-0.05, 0) is 54.6 Å². The van der Waals surface area contributed by atoms with Crippen LogP contribution in [-0.2, 0) is 13.2 Å². The predicted octanol–water partition coefficient (Wildman–Crippen LogP) is 6.41. The van der Waals surface area contributed by atoms with E-state index < -0.39 is 5.97 Å². The van der Waals surface area contributed by atoms with Gasteiger partial charge in [-0.2, -0.15) is 0 Å². The number of hydrogen-bond acceptors (Lipinski definition) is 2. The number of benzene rings is 3. The molecule has 0 atom stereocenters. The van der Waals surface area contributed by atoms with Crippen LogP contribution in [0.2, 0.25) is 10.0 Å². The zero-order valence-corrected chi connectivity index (χ0v) is 17.1. The molecule has 0 amide bonds.